The molecule has 0 aliphatic heterocycles. The highest BCUT2D eigenvalue weighted by molar-refractivity contribution is 5.45. The highest BCUT2D eigenvalue weighted by Gasteiger charge is 2.28. The molecule has 0 saturated heterocycles. The van der Waals surface area contributed by atoms with E-state index in [1.807, 2.05) is 0 Å². The van der Waals surface area contributed by atoms with Crippen molar-refractivity contribution in [1.29, 1.82) is 0 Å². The van der Waals surface area contributed by atoms with Crippen LogP contribution in [0.4, 0.5) is 0 Å². The van der Waals surface area contributed by atoms with Crippen LogP contribution in [-0.2, 0) is 12.8 Å². The van der Waals surface area contributed by atoms with E-state index >= 15 is 0 Å². The number of fused-ring (bicyclic) bond motifs is 2. The zero-order valence-electron chi connectivity index (χ0n) is 14.7. The number of hydrogen-bond donors (Lipinski definition) is 0. The Morgan fingerprint density at radius 2 is 1.39 bits per heavy atom. The van der Waals surface area contributed by atoms with Gasteiger partial charge in [0.25, 0.3) is 0 Å². The Kier molecular flexibility index (Phi) is 5.54. The fourth-order valence-electron chi connectivity index (χ4n) is 4.34. The van der Waals surface area contributed by atoms with E-state index in [-0.39, 0.29) is 0 Å². The predicted octanol–water partition coefficient (Wildman–Crippen LogP) is 6.52. The lowest BCUT2D eigenvalue weighted by atomic mass is 9.75. The summed E-state index contributed by atoms with van der Waals surface area (Å²) in [6, 6.07) is 18.4. The van der Waals surface area contributed by atoms with Crippen molar-refractivity contribution in [2.75, 3.05) is 0 Å². The summed E-state index contributed by atoms with van der Waals surface area (Å²) in [7, 11) is 0. The average Bonchev–Trinajstić information content (AvgIpc) is 2.76. The number of benzene rings is 2. The predicted molar refractivity (Wildman–Crippen MR) is 100 cm³/mol. The first kappa shape index (κ1) is 16.3. The third-order valence-corrected chi connectivity index (χ3v) is 5.62. The van der Waals surface area contributed by atoms with Gasteiger partial charge in [0.15, 0.2) is 0 Å². The van der Waals surface area contributed by atoms with Gasteiger partial charge in [0, 0.05) is 5.92 Å². The van der Waals surface area contributed by atoms with E-state index in [0.29, 0.717) is 5.92 Å². The largest absolute Gasteiger partial charge is 0.0654 e. The summed E-state index contributed by atoms with van der Waals surface area (Å²) in [5, 5.41) is 0. The Labute approximate surface area is 141 Å². The molecule has 122 valence electrons. The van der Waals surface area contributed by atoms with Crippen LogP contribution in [0.1, 0.15) is 74.1 Å². The van der Waals surface area contributed by atoms with E-state index < -0.39 is 0 Å². The Morgan fingerprint density at radius 1 is 0.826 bits per heavy atom. The summed E-state index contributed by atoms with van der Waals surface area (Å²) in [5.41, 5.74) is 6.34. The van der Waals surface area contributed by atoms with E-state index in [1.54, 1.807) is 22.3 Å². The maximum atomic E-state index is 2.39. The zero-order valence-corrected chi connectivity index (χ0v) is 14.7. The van der Waals surface area contributed by atoms with E-state index in [9.17, 15) is 0 Å². The van der Waals surface area contributed by atoms with Crippen LogP contribution in [0.2, 0.25) is 0 Å². The van der Waals surface area contributed by atoms with Crippen molar-refractivity contribution >= 4 is 0 Å². The minimum Gasteiger partial charge on any atom is -0.0654 e. The van der Waals surface area contributed by atoms with Crippen LogP contribution >= 0.6 is 0 Å². The molecule has 0 aromatic heterocycles. The van der Waals surface area contributed by atoms with Crippen molar-refractivity contribution in [3.63, 3.8) is 0 Å². The van der Waals surface area contributed by atoms with Gasteiger partial charge in [-0.05, 0) is 47.4 Å². The minimum absolute atomic E-state index is 0.590. The molecule has 1 aliphatic carbocycles. The summed E-state index contributed by atoms with van der Waals surface area (Å²) >= 11 is 0. The molecular formula is C23H30. The first-order valence-electron chi connectivity index (χ1n) is 9.50. The van der Waals surface area contributed by atoms with Crippen molar-refractivity contribution < 1.29 is 0 Å². The normalized spacial score (nSPS) is 15.6. The topological polar surface area (TPSA) is 0 Å². The summed E-state index contributed by atoms with van der Waals surface area (Å²) in [6.45, 7) is 4.68. The molecule has 1 aliphatic rings. The van der Waals surface area contributed by atoms with Crippen LogP contribution in [0.15, 0.2) is 48.5 Å². The summed E-state index contributed by atoms with van der Waals surface area (Å²) in [6.07, 6.45) is 9.06. The van der Waals surface area contributed by atoms with Crippen molar-refractivity contribution in [1.82, 2.24) is 0 Å². The molecule has 0 saturated carbocycles. The smallest absolute Gasteiger partial charge is 0.0123 e. The maximum absolute atomic E-state index is 2.39. The molecule has 1 unspecified atom stereocenters. The average molecular weight is 306 g/mol. The fraction of sp³-hybridized carbons (Fsp3) is 0.478. The van der Waals surface area contributed by atoms with E-state index in [4.69, 9.17) is 0 Å². The number of unbranched alkanes of at least 4 members (excludes halogenated alkanes) is 2. The maximum Gasteiger partial charge on any atom is 0.0123 e. The van der Waals surface area contributed by atoms with Gasteiger partial charge in [-0.1, -0.05) is 88.1 Å². The second-order valence-electron chi connectivity index (χ2n) is 7.04. The first-order valence-corrected chi connectivity index (χ1v) is 9.50. The van der Waals surface area contributed by atoms with Gasteiger partial charge in [0.1, 0.15) is 0 Å². The van der Waals surface area contributed by atoms with Crippen LogP contribution in [0, 0.1) is 5.92 Å². The zero-order chi connectivity index (χ0) is 16.1. The monoisotopic (exact) mass is 306 g/mol. The molecule has 0 fully saturated rings. The highest BCUT2D eigenvalue weighted by atomic mass is 14.3. The van der Waals surface area contributed by atoms with Gasteiger partial charge < -0.3 is 0 Å². The van der Waals surface area contributed by atoms with E-state index in [0.717, 1.165) is 5.92 Å². The Balaban J connectivity index is 2.02. The summed E-state index contributed by atoms with van der Waals surface area (Å²) in [4.78, 5) is 0. The molecule has 0 heteroatoms. The van der Waals surface area contributed by atoms with Crippen LogP contribution < -0.4 is 0 Å². The third kappa shape index (κ3) is 3.52. The van der Waals surface area contributed by atoms with Crippen LogP contribution in [0.3, 0.4) is 0 Å². The van der Waals surface area contributed by atoms with Gasteiger partial charge in [-0.25, -0.2) is 0 Å². The lowest BCUT2D eigenvalue weighted by Gasteiger charge is -2.29. The molecule has 3 rings (SSSR count). The van der Waals surface area contributed by atoms with Crippen LogP contribution in [0.5, 0.6) is 0 Å². The molecule has 23 heavy (non-hydrogen) atoms. The minimum atomic E-state index is 0.590. The Bertz CT molecular complexity index is 578. The standard InChI is InChI=1S/C23H30/c1-3-5-6-11-18(4-2)23-21-14-9-7-12-19(21)16-17-20-13-8-10-15-22(20)23/h7-10,12-15,18,23H,3-6,11,16-17H2,1-2H3. The molecule has 0 amide bonds. The van der Waals surface area contributed by atoms with E-state index in [2.05, 4.69) is 62.4 Å². The Hall–Kier alpha value is -1.56. The van der Waals surface area contributed by atoms with Gasteiger partial charge in [-0.2, -0.15) is 0 Å². The second kappa shape index (κ2) is 7.81. The third-order valence-electron chi connectivity index (χ3n) is 5.62. The Morgan fingerprint density at radius 3 is 1.91 bits per heavy atom. The van der Waals surface area contributed by atoms with Gasteiger partial charge in [-0.3, -0.25) is 0 Å². The number of hydrogen-bond acceptors (Lipinski definition) is 0. The van der Waals surface area contributed by atoms with Gasteiger partial charge in [0.05, 0.1) is 0 Å². The summed E-state index contributed by atoms with van der Waals surface area (Å²) < 4.78 is 0. The van der Waals surface area contributed by atoms with Crippen molar-refractivity contribution in [2.24, 2.45) is 5.92 Å². The molecule has 0 radical (unpaired) electrons. The van der Waals surface area contributed by atoms with Crippen molar-refractivity contribution in [3.05, 3.63) is 70.8 Å². The SMILES string of the molecule is CCCCCC(CC)C1c2ccccc2CCc2ccccc21. The lowest BCUT2D eigenvalue weighted by molar-refractivity contribution is 0.401. The molecule has 0 bridgehead atoms. The van der Waals surface area contributed by atoms with Crippen molar-refractivity contribution in [2.45, 2.75) is 64.7 Å². The van der Waals surface area contributed by atoms with Gasteiger partial charge in [-0.15, -0.1) is 0 Å². The molecule has 0 nitrogen and oxygen atoms in total. The lowest BCUT2D eigenvalue weighted by Crippen LogP contribution is -2.15. The molecule has 0 spiro atoms. The first-order chi connectivity index (χ1) is 11.3. The number of aryl methyl sites for hydroxylation is 2. The molecule has 0 heterocycles. The molecular weight excluding hydrogens is 276 g/mol. The molecule has 1 atom stereocenters. The van der Waals surface area contributed by atoms with Gasteiger partial charge >= 0.3 is 0 Å². The fourth-order valence-corrected chi connectivity index (χ4v) is 4.34. The second-order valence-corrected chi connectivity index (χ2v) is 7.04. The van der Waals surface area contributed by atoms with Gasteiger partial charge in [0.2, 0.25) is 0 Å². The number of rotatable bonds is 6. The van der Waals surface area contributed by atoms with E-state index in [1.165, 1.54) is 44.9 Å². The molecule has 2 aromatic carbocycles. The molecule has 0 N–H and O–H groups in total. The van der Waals surface area contributed by atoms with Crippen LogP contribution in [0.25, 0.3) is 0 Å². The highest BCUT2D eigenvalue weighted by Crippen LogP contribution is 2.42. The summed E-state index contributed by atoms with van der Waals surface area (Å²) in [5.74, 6) is 1.36. The van der Waals surface area contributed by atoms with Crippen molar-refractivity contribution in [3.8, 4) is 0 Å². The molecule has 2 aromatic rings. The quantitative estimate of drug-likeness (QED) is 0.533. The van der Waals surface area contributed by atoms with Crippen LogP contribution in [-0.4, -0.2) is 0 Å².